The van der Waals surface area contributed by atoms with Gasteiger partial charge in [0.25, 0.3) is 0 Å². The van der Waals surface area contributed by atoms with Gasteiger partial charge in [-0.1, -0.05) is 0 Å². The zero-order chi connectivity index (χ0) is 13.7. The van der Waals surface area contributed by atoms with E-state index in [9.17, 15) is 4.79 Å². The van der Waals surface area contributed by atoms with Crippen LogP contribution in [0.5, 0.6) is 5.75 Å². The molecule has 0 aliphatic heterocycles. The Morgan fingerprint density at radius 2 is 2.28 bits per heavy atom. The molecule has 18 heavy (non-hydrogen) atoms. The summed E-state index contributed by atoms with van der Waals surface area (Å²) in [5.41, 5.74) is 8.32. The van der Waals surface area contributed by atoms with Crippen LogP contribution in [0.2, 0.25) is 0 Å². The van der Waals surface area contributed by atoms with E-state index < -0.39 is 12.0 Å². The lowest BCUT2D eigenvalue weighted by Gasteiger charge is -2.12. The van der Waals surface area contributed by atoms with Crippen LogP contribution in [0.25, 0.3) is 0 Å². The fourth-order valence-electron chi connectivity index (χ4n) is 1.57. The topological polar surface area (TPSA) is 85.4 Å². The molecule has 1 heterocycles. The first-order valence-corrected chi connectivity index (χ1v) is 6.68. The average Bonchev–Trinajstić information content (AvgIpc) is 2.32. The van der Waals surface area contributed by atoms with Gasteiger partial charge >= 0.3 is 5.97 Å². The van der Waals surface area contributed by atoms with E-state index in [1.165, 1.54) is 11.8 Å². The van der Waals surface area contributed by atoms with E-state index in [0.717, 1.165) is 22.6 Å². The van der Waals surface area contributed by atoms with Gasteiger partial charge in [-0.15, -0.1) is 0 Å². The molecule has 1 rings (SSSR count). The van der Waals surface area contributed by atoms with Crippen LogP contribution in [0.1, 0.15) is 16.8 Å². The lowest BCUT2D eigenvalue weighted by Crippen LogP contribution is -2.32. The molecule has 0 spiro atoms. The number of rotatable bonds is 6. The van der Waals surface area contributed by atoms with E-state index in [4.69, 9.17) is 15.6 Å². The maximum atomic E-state index is 10.6. The number of hydrogen-bond acceptors (Lipinski definition) is 5. The summed E-state index contributed by atoms with van der Waals surface area (Å²) in [6.45, 7) is 3.89. The Hall–Kier alpha value is -1.27. The number of ether oxygens (including phenoxy) is 1. The van der Waals surface area contributed by atoms with Gasteiger partial charge < -0.3 is 15.6 Å². The van der Waals surface area contributed by atoms with Crippen molar-refractivity contribution < 1.29 is 14.6 Å². The number of carbonyl (C=O) groups is 1. The number of nitrogens with zero attached hydrogens (tertiary/aromatic N) is 1. The molecule has 1 atom stereocenters. The SMILES string of the molecule is COc1c(C)cnc(CSC[C@@H](N)C(=O)O)c1C. The summed E-state index contributed by atoms with van der Waals surface area (Å²) in [5, 5.41) is 8.68. The molecule has 1 aromatic heterocycles. The Morgan fingerprint density at radius 1 is 1.61 bits per heavy atom. The second-order valence-corrected chi connectivity index (χ2v) is 5.04. The monoisotopic (exact) mass is 270 g/mol. The zero-order valence-corrected chi connectivity index (χ0v) is 11.6. The van der Waals surface area contributed by atoms with E-state index in [1.807, 2.05) is 13.8 Å². The molecule has 1 aromatic rings. The number of aryl methyl sites for hydroxylation is 1. The number of carboxylic acid groups (broad SMARTS) is 1. The largest absolute Gasteiger partial charge is 0.496 e. The number of hydrogen-bond donors (Lipinski definition) is 2. The van der Waals surface area contributed by atoms with Gasteiger partial charge in [0, 0.05) is 28.8 Å². The van der Waals surface area contributed by atoms with E-state index in [0.29, 0.717) is 11.5 Å². The molecule has 6 heteroatoms. The van der Waals surface area contributed by atoms with Crippen LogP contribution in [-0.4, -0.2) is 35.0 Å². The van der Waals surface area contributed by atoms with Gasteiger partial charge in [0.15, 0.2) is 0 Å². The Labute approximate surface area is 111 Å². The number of carboxylic acids is 1. The zero-order valence-electron chi connectivity index (χ0n) is 10.8. The van der Waals surface area contributed by atoms with E-state index >= 15 is 0 Å². The summed E-state index contributed by atoms with van der Waals surface area (Å²) < 4.78 is 5.31. The molecule has 3 N–H and O–H groups in total. The maximum Gasteiger partial charge on any atom is 0.321 e. The molecule has 0 unspecified atom stereocenters. The van der Waals surface area contributed by atoms with Crippen molar-refractivity contribution in [2.75, 3.05) is 12.9 Å². The predicted octanol–water partition coefficient (Wildman–Crippen LogP) is 1.35. The number of methoxy groups -OCH3 is 1. The highest BCUT2D eigenvalue weighted by molar-refractivity contribution is 7.98. The van der Waals surface area contributed by atoms with Crippen molar-refractivity contribution in [3.63, 3.8) is 0 Å². The summed E-state index contributed by atoms with van der Waals surface area (Å²) in [4.78, 5) is 14.9. The van der Waals surface area contributed by atoms with Crippen LogP contribution in [0.4, 0.5) is 0 Å². The summed E-state index contributed by atoms with van der Waals surface area (Å²) in [7, 11) is 1.63. The fourth-order valence-corrected chi connectivity index (χ4v) is 2.57. The maximum absolute atomic E-state index is 10.6. The average molecular weight is 270 g/mol. The van der Waals surface area contributed by atoms with E-state index in [-0.39, 0.29) is 0 Å². The molecule has 0 saturated carbocycles. The highest BCUT2D eigenvalue weighted by atomic mass is 32.2. The van der Waals surface area contributed by atoms with Gasteiger partial charge in [0.05, 0.1) is 12.8 Å². The second kappa shape index (κ2) is 6.61. The third-order valence-corrected chi connectivity index (χ3v) is 3.68. The third-order valence-electron chi connectivity index (χ3n) is 2.60. The normalized spacial score (nSPS) is 12.2. The highest BCUT2D eigenvalue weighted by Gasteiger charge is 2.13. The number of aliphatic carboxylic acids is 1. The van der Waals surface area contributed by atoms with Crippen LogP contribution in [0.3, 0.4) is 0 Å². The second-order valence-electron chi connectivity index (χ2n) is 4.01. The first-order valence-electron chi connectivity index (χ1n) is 5.52. The number of thioether (sulfide) groups is 1. The van der Waals surface area contributed by atoms with Crippen molar-refractivity contribution in [1.82, 2.24) is 4.98 Å². The summed E-state index contributed by atoms with van der Waals surface area (Å²) in [5.74, 6) is 0.854. The minimum Gasteiger partial charge on any atom is -0.496 e. The van der Waals surface area contributed by atoms with Crippen molar-refractivity contribution in [3.8, 4) is 5.75 Å². The van der Waals surface area contributed by atoms with Crippen LogP contribution < -0.4 is 10.5 Å². The van der Waals surface area contributed by atoms with Crippen molar-refractivity contribution >= 4 is 17.7 Å². The highest BCUT2D eigenvalue weighted by Crippen LogP contribution is 2.26. The smallest absolute Gasteiger partial charge is 0.321 e. The minimum atomic E-state index is -0.978. The molecule has 0 saturated heterocycles. The molecule has 0 fully saturated rings. The summed E-state index contributed by atoms with van der Waals surface area (Å²) in [6, 6.07) is -0.831. The van der Waals surface area contributed by atoms with Gasteiger partial charge in [0.1, 0.15) is 11.8 Å². The summed E-state index contributed by atoms with van der Waals surface area (Å²) >= 11 is 1.46. The van der Waals surface area contributed by atoms with Gasteiger partial charge in [-0.3, -0.25) is 9.78 Å². The van der Waals surface area contributed by atoms with Gasteiger partial charge in [0.2, 0.25) is 0 Å². The minimum absolute atomic E-state index is 0.368. The lowest BCUT2D eigenvalue weighted by molar-refractivity contribution is -0.137. The molecule has 0 amide bonds. The van der Waals surface area contributed by atoms with Crippen LogP contribution >= 0.6 is 11.8 Å². The van der Waals surface area contributed by atoms with Gasteiger partial charge in [-0.25, -0.2) is 0 Å². The molecule has 100 valence electrons. The van der Waals surface area contributed by atoms with E-state index in [2.05, 4.69) is 4.98 Å². The lowest BCUT2D eigenvalue weighted by atomic mass is 10.1. The molecular formula is C12H18N2O3S. The van der Waals surface area contributed by atoms with Gasteiger partial charge in [-0.05, 0) is 13.8 Å². The molecule has 0 bridgehead atoms. The third kappa shape index (κ3) is 3.61. The fraction of sp³-hybridized carbons (Fsp3) is 0.500. The molecular weight excluding hydrogens is 252 g/mol. The molecule has 0 aromatic carbocycles. The van der Waals surface area contributed by atoms with Crippen molar-refractivity contribution in [2.45, 2.75) is 25.6 Å². The quantitative estimate of drug-likeness (QED) is 0.811. The molecule has 0 radical (unpaired) electrons. The standard InChI is InChI=1S/C12H18N2O3S/c1-7-4-14-10(8(2)11(7)17-3)6-18-5-9(13)12(15)16/h4,9H,5-6,13H2,1-3H3,(H,15,16)/t9-/m1/s1. The first-order chi connectivity index (χ1) is 8.47. The Balaban J connectivity index is 2.66. The van der Waals surface area contributed by atoms with Crippen LogP contribution in [0, 0.1) is 13.8 Å². The number of pyridine rings is 1. The van der Waals surface area contributed by atoms with Crippen molar-refractivity contribution in [1.29, 1.82) is 0 Å². The predicted molar refractivity (Wildman–Crippen MR) is 72.0 cm³/mol. The molecule has 0 aliphatic rings. The van der Waals surface area contributed by atoms with Crippen molar-refractivity contribution in [3.05, 3.63) is 23.0 Å². The Morgan fingerprint density at radius 3 is 2.83 bits per heavy atom. The Bertz CT molecular complexity index is 438. The molecule has 0 aliphatic carbocycles. The van der Waals surface area contributed by atoms with E-state index in [1.54, 1.807) is 13.3 Å². The number of nitrogens with two attached hydrogens (primary N) is 1. The van der Waals surface area contributed by atoms with Gasteiger partial charge in [-0.2, -0.15) is 11.8 Å². The molecule has 5 nitrogen and oxygen atoms in total. The number of aromatic nitrogens is 1. The summed E-state index contributed by atoms with van der Waals surface area (Å²) in [6.07, 6.45) is 1.76. The van der Waals surface area contributed by atoms with Crippen LogP contribution in [-0.2, 0) is 10.5 Å². The Kier molecular flexibility index (Phi) is 5.43. The van der Waals surface area contributed by atoms with Crippen LogP contribution in [0.15, 0.2) is 6.20 Å². The van der Waals surface area contributed by atoms with Crippen molar-refractivity contribution in [2.24, 2.45) is 5.73 Å². The first kappa shape index (κ1) is 14.8.